The number of hydrogen-bond acceptors (Lipinski definition) is 5. The van der Waals surface area contributed by atoms with Crippen molar-refractivity contribution in [2.45, 2.75) is 32.7 Å². The molecular weight excluding hydrogens is 473 g/mol. The zero-order chi connectivity index (χ0) is 19.5. The van der Waals surface area contributed by atoms with Gasteiger partial charge in [-0.05, 0) is 44.2 Å². The van der Waals surface area contributed by atoms with Crippen LogP contribution in [0, 0.1) is 5.92 Å². The Morgan fingerprint density at radius 1 is 1.07 bits per heavy atom. The van der Waals surface area contributed by atoms with Crippen LogP contribution in [0.25, 0.3) is 0 Å². The van der Waals surface area contributed by atoms with Gasteiger partial charge in [-0.15, -0.1) is 24.0 Å². The van der Waals surface area contributed by atoms with Gasteiger partial charge in [0.2, 0.25) is 5.75 Å². The number of rotatable bonds is 12. The van der Waals surface area contributed by atoms with Crippen LogP contribution in [0.15, 0.2) is 17.1 Å². The van der Waals surface area contributed by atoms with Gasteiger partial charge < -0.3 is 29.6 Å². The molecule has 1 aliphatic carbocycles. The molecule has 8 heteroatoms. The Hall–Kier alpha value is -1.42. The fourth-order valence-electron chi connectivity index (χ4n) is 2.71. The van der Waals surface area contributed by atoms with Crippen LogP contribution >= 0.6 is 24.0 Å². The number of methoxy groups -OCH3 is 3. The topological polar surface area (TPSA) is 73.3 Å². The molecule has 0 unspecified atom stereocenters. The van der Waals surface area contributed by atoms with E-state index < -0.39 is 0 Å². The van der Waals surface area contributed by atoms with E-state index in [1.54, 1.807) is 21.3 Å². The summed E-state index contributed by atoms with van der Waals surface area (Å²) in [7, 11) is 4.83. The van der Waals surface area contributed by atoms with E-state index in [9.17, 15) is 0 Å². The van der Waals surface area contributed by atoms with E-state index in [-0.39, 0.29) is 24.0 Å². The van der Waals surface area contributed by atoms with Crippen molar-refractivity contribution in [3.63, 3.8) is 0 Å². The molecule has 0 radical (unpaired) electrons. The molecule has 1 aliphatic rings. The molecule has 7 nitrogen and oxygen atoms in total. The monoisotopic (exact) mass is 507 g/mol. The Morgan fingerprint density at radius 3 is 2.43 bits per heavy atom. The highest BCUT2D eigenvalue weighted by Crippen LogP contribution is 2.39. The zero-order valence-corrected chi connectivity index (χ0v) is 19.7. The maximum atomic E-state index is 5.66. The number of guanidine groups is 1. The summed E-state index contributed by atoms with van der Waals surface area (Å²) in [5.41, 5.74) is 0.931. The van der Waals surface area contributed by atoms with Crippen molar-refractivity contribution < 1.29 is 18.9 Å². The fraction of sp³-hybridized carbons (Fsp3) is 0.650. The normalized spacial score (nSPS) is 13.5. The molecule has 0 saturated heterocycles. The molecule has 0 heterocycles. The van der Waals surface area contributed by atoms with Crippen molar-refractivity contribution in [3.05, 3.63) is 17.7 Å². The summed E-state index contributed by atoms with van der Waals surface area (Å²) < 4.78 is 21.9. The summed E-state index contributed by atoms with van der Waals surface area (Å²) in [4.78, 5) is 4.66. The van der Waals surface area contributed by atoms with Crippen molar-refractivity contribution >= 4 is 29.9 Å². The Balaban J connectivity index is 0.00000392. The van der Waals surface area contributed by atoms with Crippen LogP contribution in [0.2, 0.25) is 0 Å². The molecule has 0 aliphatic heterocycles. The Bertz CT molecular complexity index is 609. The van der Waals surface area contributed by atoms with Crippen LogP contribution in [-0.4, -0.2) is 53.6 Å². The third-order valence-electron chi connectivity index (χ3n) is 4.35. The van der Waals surface area contributed by atoms with Gasteiger partial charge in [0, 0.05) is 31.9 Å². The number of nitrogens with one attached hydrogen (secondary N) is 2. The lowest BCUT2D eigenvalue weighted by Crippen LogP contribution is -2.38. The number of halogens is 1. The molecular formula is C20H34IN3O4. The largest absolute Gasteiger partial charge is 0.493 e. The van der Waals surface area contributed by atoms with Crippen molar-refractivity contribution in [1.82, 2.24) is 10.6 Å². The first-order valence-electron chi connectivity index (χ1n) is 9.61. The van der Waals surface area contributed by atoms with Crippen LogP contribution < -0.4 is 24.8 Å². The molecule has 0 atom stereocenters. The number of hydrogen-bond donors (Lipinski definition) is 2. The van der Waals surface area contributed by atoms with Crippen LogP contribution in [0.5, 0.6) is 17.2 Å². The second-order valence-corrected chi connectivity index (χ2v) is 6.49. The molecule has 2 N–H and O–H groups in total. The lowest BCUT2D eigenvalue weighted by Gasteiger charge is -2.15. The first kappa shape index (κ1) is 24.6. The summed E-state index contributed by atoms with van der Waals surface area (Å²) in [6.07, 6.45) is 3.61. The highest BCUT2D eigenvalue weighted by molar-refractivity contribution is 14.0. The molecule has 1 aromatic rings. The van der Waals surface area contributed by atoms with Gasteiger partial charge in [-0.1, -0.05) is 0 Å². The summed E-state index contributed by atoms with van der Waals surface area (Å²) in [5.74, 6) is 3.45. The van der Waals surface area contributed by atoms with E-state index in [2.05, 4.69) is 15.6 Å². The van der Waals surface area contributed by atoms with Crippen LogP contribution in [-0.2, 0) is 11.3 Å². The predicted molar refractivity (Wildman–Crippen MR) is 122 cm³/mol. The lowest BCUT2D eigenvalue weighted by atomic mass is 10.1. The highest BCUT2D eigenvalue weighted by atomic mass is 127. The number of nitrogens with zero attached hydrogens (tertiary/aromatic N) is 1. The van der Waals surface area contributed by atoms with Crippen molar-refractivity contribution in [3.8, 4) is 17.2 Å². The van der Waals surface area contributed by atoms with Gasteiger partial charge in [0.25, 0.3) is 0 Å². The smallest absolute Gasteiger partial charge is 0.203 e. The third-order valence-corrected chi connectivity index (χ3v) is 4.35. The maximum Gasteiger partial charge on any atom is 0.203 e. The van der Waals surface area contributed by atoms with E-state index in [0.717, 1.165) is 50.2 Å². The van der Waals surface area contributed by atoms with Crippen LogP contribution in [0.3, 0.4) is 0 Å². The lowest BCUT2D eigenvalue weighted by molar-refractivity contribution is 0.123. The first-order valence-corrected chi connectivity index (χ1v) is 9.61. The average molecular weight is 507 g/mol. The fourth-order valence-corrected chi connectivity index (χ4v) is 2.71. The molecule has 1 aromatic carbocycles. The van der Waals surface area contributed by atoms with E-state index in [0.29, 0.717) is 23.8 Å². The Kier molecular flexibility index (Phi) is 12.1. The molecule has 2 rings (SSSR count). The standard InChI is InChI=1S/C20H33N3O4.HI/c1-5-21-20(22-11-6-12-27-14-15-7-8-15)23-13-16-9-10-17(24-2)19(26-4)18(16)25-3;/h9-10,15H,5-8,11-14H2,1-4H3,(H2,21,22,23);1H. The predicted octanol–water partition coefficient (Wildman–Crippen LogP) is 3.20. The van der Waals surface area contributed by atoms with Gasteiger partial charge in [0.1, 0.15) is 0 Å². The van der Waals surface area contributed by atoms with Crippen molar-refractivity contribution in [2.75, 3.05) is 47.6 Å². The number of benzene rings is 1. The Labute approximate surface area is 185 Å². The molecule has 160 valence electrons. The van der Waals surface area contributed by atoms with Crippen molar-refractivity contribution in [2.24, 2.45) is 10.9 Å². The van der Waals surface area contributed by atoms with Gasteiger partial charge in [0.05, 0.1) is 27.9 Å². The van der Waals surface area contributed by atoms with Gasteiger partial charge in [0.15, 0.2) is 17.5 Å². The van der Waals surface area contributed by atoms with Gasteiger partial charge in [-0.3, -0.25) is 0 Å². The SMILES string of the molecule is CCNC(=NCc1ccc(OC)c(OC)c1OC)NCCCOCC1CC1.I. The minimum absolute atomic E-state index is 0. The average Bonchev–Trinajstić information content (AvgIpc) is 3.51. The minimum atomic E-state index is 0. The molecule has 0 spiro atoms. The van der Waals surface area contributed by atoms with Gasteiger partial charge in [-0.2, -0.15) is 0 Å². The van der Waals surface area contributed by atoms with Crippen LogP contribution in [0.1, 0.15) is 31.7 Å². The number of aliphatic imine (C=N–C) groups is 1. The van der Waals surface area contributed by atoms with E-state index in [1.807, 2.05) is 19.1 Å². The maximum absolute atomic E-state index is 5.66. The summed E-state index contributed by atoms with van der Waals surface area (Å²) in [5, 5.41) is 6.61. The third kappa shape index (κ3) is 7.90. The molecule has 1 saturated carbocycles. The highest BCUT2D eigenvalue weighted by Gasteiger charge is 2.20. The minimum Gasteiger partial charge on any atom is -0.493 e. The quantitative estimate of drug-likeness (QED) is 0.196. The molecule has 0 aromatic heterocycles. The van der Waals surface area contributed by atoms with E-state index >= 15 is 0 Å². The molecule has 1 fully saturated rings. The summed E-state index contributed by atoms with van der Waals surface area (Å²) >= 11 is 0. The number of ether oxygens (including phenoxy) is 4. The van der Waals surface area contributed by atoms with E-state index in [4.69, 9.17) is 18.9 Å². The van der Waals surface area contributed by atoms with E-state index in [1.165, 1.54) is 12.8 Å². The molecule has 0 bridgehead atoms. The summed E-state index contributed by atoms with van der Waals surface area (Å²) in [6.45, 7) is 5.83. The van der Waals surface area contributed by atoms with Gasteiger partial charge >= 0.3 is 0 Å². The van der Waals surface area contributed by atoms with Gasteiger partial charge in [-0.25, -0.2) is 4.99 Å². The molecule has 0 amide bonds. The first-order chi connectivity index (χ1) is 13.2. The second kappa shape index (κ2) is 13.7. The second-order valence-electron chi connectivity index (χ2n) is 6.49. The molecule has 28 heavy (non-hydrogen) atoms. The van der Waals surface area contributed by atoms with Crippen molar-refractivity contribution in [1.29, 1.82) is 0 Å². The zero-order valence-electron chi connectivity index (χ0n) is 17.4. The Morgan fingerprint density at radius 2 is 1.82 bits per heavy atom. The van der Waals surface area contributed by atoms with Crippen LogP contribution in [0.4, 0.5) is 0 Å². The summed E-state index contributed by atoms with van der Waals surface area (Å²) in [6, 6.07) is 3.81.